The SMILES string of the molecule is CC(=O)Nc1ccc(NC(=O)C2CCCN(C(=O)C3CC(c4ccncc4)NN3)C2)cc1. The molecule has 9 heteroatoms. The minimum atomic E-state index is -0.323. The summed E-state index contributed by atoms with van der Waals surface area (Å²) in [5, 5.41) is 5.62. The summed E-state index contributed by atoms with van der Waals surface area (Å²) in [5.41, 5.74) is 8.73. The van der Waals surface area contributed by atoms with Gasteiger partial charge in [-0.05, 0) is 61.2 Å². The number of anilines is 2. The standard InChI is InChI=1S/C23H28N6O3/c1-15(30)25-18-4-6-19(7-5-18)26-22(31)17-3-2-12-29(14-17)23(32)21-13-20(27-28-21)16-8-10-24-11-9-16/h4-11,17,20-21,27-28H,2-3,12-14H2,1H3,(H,25,30)(H,26,31). The van der Waals surface area contributed by atoms with Crippen LogP contribution in [0.5, 0.6) is 0 Å². The van der Waals surface area contributed by atoms with Crippen molar-refractivity contribution in [2.75, 3.05) is 23.7 Å². The molecule has 0 aliphatic carbocycles. The highest BCUT2D eigenvalue weighted by Crippen LogP contribution is 2.25. The molecule has 1 aromatic carbocycles. The fourth-order valence-corrected chi connectivity index (χ4v) is 4.23. The first-order chi connectivity index (χ1) is 15.5. The summed E-state index contributed by atoms with van der Waals surface area (Å²) in [6.07, 6.45) is 5.67. The van der Waals surface area contributed by atoms with Gasteiger partial charge in [-0.25, -0.2) is 10.9 Å². The van der Waals surface area contributed by atoms with E-state index in [0.717, 1.165) is 18.4 Å². The summed E-state index contributed by atoms with van der Waals surface area (Å²) >= 11 is 0. The van der Waals surface area contributed by atoms with Gasteiger partial charge in [-0.1, -0.05) is 0 Å². The molecule has 3 amide bonds. The number of piperidine rings is 1. The molecule has 3 atom stereocenters. The van der Waals surface area contributed by atoms with Crippen molar-refractivity contribution in [1.82, 2.24) is 20.7 Å². The van der Waals surface area contributed by atoms with E-state index >= 15 is 0 Å². The van der Waals surface area contributed by atoms with Gasteiger partial charge < -0.3 is 15.5 Å². The molecule has 1 aromatic heterocycles. The number of nitrogens with one attached hydrogen (secondary N) is 4. The monoisotopic (exact) mass is 436 g/mol. The van der Waals surface area contributed by atoms with E-state index < -0.39 is 0 Å². The maximum atomic E-state index is 13.1. The lowest BCUT2D eigenvalue weighted by atomic mass is 9.95. The maximum absolute atomic E-state index is 13.1. The second-order valence-electron chi connectivity index (χ2n) is 8.28. The molecule has 2 aromatic rings. The summed E-state index contributed by atoms with van der Waals surface area (Å²) in [4.78, 5) is 42.8. The topological polar surface area (TPSA) is 115 Å². The number of nitrogens with zero attached hydrogens (tertiary/aromatic N) is 2. The zero-order valence-electron chi connectivity index (χ0n) is 18.0. The minimum Gasteiger partial charge on any atom is -0.341 e. The molecule has 0 bridgehead atoms. The maximum Gasteiger partial charge on any atom is 0.241 e. The largest absolute Gasteiger partial charge is 0.341 e. The molecule has 2 fully saturated rings. The first kappa shape index (κ1) is 21.9. The van der Waals surface area contributed by atoms with E-state index in [1.165, 1.54) is 6.92 Å². The summed E-state index contributed by atoms with van der Waals surface area (Å²) in [6.45, 7) is 2.52. The molecule has 0 spiro atoms. The highest BCUT2D eigenvalue weighted by molar-refractivity contribution is 5.94. The average Bonchev–Trinajstić information content (AvgIpc) is 3.30. The Labute approximate surface area is 186 Å². The summed E-state index contributed by atoms with van der Waals surface area (Å²) < 4.78 is 0. The molecular weight excluding hydrogens is 408 g/mol. The lowest BCUT2D eigenvalue weighted by Crippen LogP contribution is -2.50. The number of likely N-dealkylation sites (tertiary alicyclic amines) is 1. The second-order valence-corrected chi connectivity index (χ2v) is 8.28. The van der Waals surface area contributed by atoms with E-state index in [2.05, 4.69) is 26.5 Å². The van der Waals surface area contributed by atoms with Crippen LogP contribution in [-0.2, 0) is 14.4 Å². The van der Waals surface area contributed by atoms with Crippen molar-refractivity contribution in [3.8, 4) is 0 Å². The van der Waals surface area contributed by atoms with Crippen molar-refractivity contribution in [2.45, 2.75) is 38.3 Å². The predicted octanol–water partition coefficient (Wildman–Crippen LogP) is 1.82. The van der Waals surface area contributed by atoms with Crippen molar-refractivity contribution < 1.29 is 14.4 Å². The fraction of sp³-hybridized carbons (Fsp3) is 0.391. The van der Waals surface area contributed by atoms with Gasteiger partial charge in [0.1, 0.15) is 6.04 Å². The fourth-order valence-electron chi connectivity index (χ4n) is 4.23. The molecule has 4 rings (SSSR count). The summed E-state index contributed by atoms with van der Waals surface area (Å²) in [5.74, 6) is -0.478. The molecule has 2 saturated heterocycles. The third-order valence-corrected chi connectivity index (χ3v) is 5.89. The molecule has 2 aliphatic rings. The third kappa shape index (κ3) is 5.30. The quantitative estimate of drug-likeness (QED) is 0.568. The molecule has 9 nitrogen and oxygen atoms in total. The van der Waals surface area contributed by atoms with Gasteiger partial charge in [-0.3, -0.25) is 19.4 Å². The van der Waals surface area contributed by atoms with E-state index in [1.807, 2.05) is 12.1 Å². The number of carbonyl (C=O) groups excluding carboxylic acids is 3. The first-order valence-electron chi connectivity index (χ1n) is 10.9. The Morgan fingerprint density at radius 2 is 1.69 bits per heavy atom. The highest BCUT2D eigenvalue weighted by Gasteiger charge is 2.36. The van der Waals surface area contributed by atoms with Crippen LogP contribution in [0.2, 0.25) is 0 Å². The van der Waals surface area contributed by atoms with Gasteiger partial charge >= 0.3 is 0 Å². The van der Waals surface area contributed by atoms with Crippen LogP contribution in [0.4, 0.5) is 11.4 Å². The molecule has 4 N–H and O–H groups in total. The van der Waals surface area contributed by atoms with E-state index in [1.54, 1.807) is 41.6 Å². The number of hydrazine groups is 1. The Morgan fingerprint density at radius 3 is 2.38 bits per heavy atom. The Bertz CT molecular complexity index is 965. The van der Waals surface area contributed by atoms with Crippen molar-refractivity contribution in [2.24, 2.45) is 5.92 Å². The Kier molecular flexibility index (Phi) is 6.77. The van der Waals surface area contributed by atoms with Gasteiger partial charge in [0.25, 0.3) is 0 Å². The number of pyridine rings is 1. The smallest absolute Gasteiger partial charge is 0.241 e. The van der Waals surface area contributed by atoms with Crippen molar-refractivity contribution in [3.63, 3.8) is 0 Å². The van der Waals surface area contributed by atoms with Crippen LogP contribution >= 0.6 is 0 Å². The molecule has 0 saturated carbocycles. The Hall–Kier alpha value is -3.30. The van der Waals surface area contributed by atoms with Gasteiger partial charge in [0, 0.05) is 49.8 Å². The van der Waals surface area contributed by atoms with E-state index in [0.29, 0.717) is 30.9 Å². The molecular formula is C23H28N6O3. The minimum absolute atomic E-state index is 0.0196. The van der Waals surface area contributed by atoms with Gasteiger partial charge in [0.15, 0.2) is 0 Å². The molecule has 3 unspecified atom stereocenters. The van der Waals surface area contributed by atoms with Crippen LogP contribution in [-0.4, -0.2) is 46.7 Å². The van der Waals surface area contributed by atoms with E-state index in [9.17, 15) is 14.4 Å². The zero-order valence-corrected chi connectivity index (χ0v) is 18.0. The van der Waals surface area contributed by atoms with E-state index in [-0.39, 0.29) is 35.7 Å². The summed E-state index contributed by atoms with van der Waals surface area (Å²) in [6, 6.07) is 10.6. The molecule has 3 heterocycles. The first-order valence-corrected chi connectivity index (χ1v) is 10.9. The van der Waals surface area contributed by atoms with Crippen LogP contribution in [0.15, 0.2) is 48.8 Å². The number of benzene rings is 1. The van der Waals surface area contributed by atoms with Crippen LogP contribution < -0.4 is 21.5 Å². The van der Waals surface area contributed by atoms with Crippen LogP contribution in [0.25, 0.3) is 0 Å². The van der Waals surface area contributed by atoms with E-state index in [4.69, 9.17) is 0 Å². The lowest BCUT2D eigenvalue weighted by molar-refractivity contribution is -0.136. The number of carbonyl (C=O) groups is 3. The normalized spacial score (nSPS) is 22.9. The predicted molar refractivity (Wildman–Crippen MR) is 120 cm³/mol. The Balaban J connectivity index is 1.31. The van der Waals surface area contributed by atoms with Gasteiger partial charge in [-0.2, -0.15) is 0 Å². The number of aromatic nitrogens is 1. The van der Waals surface area contributed by atoms with Crippen molar-refractivity contribution in [1.29, 1.82) is 0 Å². The molecule has 0 radical (unpaired) electrons. The van der Waals surface area contributed by atoms with Gasteiger partial charge in [0.05, 0.1) is 5.92 Å². The van der Waals surface area contributed by atoms with Crippen LogP contribution in [0.3, 0.4) is 0 Å². The van der Waals surface area contributed by atoms with Crippen molar-refractivity contribution in [3.05, 3.63) is 54.4 Å². The summed E-state index contributed by atoms with van der Waals surface area (Å²) in [7, 11) is 0. The number of amides is 3. The number of hydrogen-bond acceptors (Lipinski definition) is 6. The van der Waals surface area contributed by atoms with Gasteiger partial charge in [-0.15, -0.1) is 0 Å². The Morgan fingerprint density at radius 1 is 1.00 bits per heavy atom. The third-order valence-electron chi connectivity index (χ3n) is 5.89. The molecule has 168 valence electrons. The van der Waals surface area contributed by atoms with Crippen molar-refractivity contribution >= 4 is 29.1 Å². The lowest BCUT2D eigenvalue weighted by Gasteiger charge is -2.33. The van der Waals surface area contributed by atoms with Crippen LogP contribution in [0, 0.1) is 5.92 Å². The zero-order chi connectivity index (χ0) is 22.5. The number of rotatable bonds is 5. The van der Waals surface area contributed by atoms with Crippen LogP contribution in [0.1, 0.15) is 37.8 Å². The number of hydrogen-bond donors (Lipinski definition) is 4. The molecule has 2 aliphatic heterocycles. The molecule has 32 heavy (non-hydrogen) atoms. The van der Waals surface area contributed by atoms with Gasteiger partial charge in [0.2, 0.25) is 17.7 Å². The highest BCUT2D eigenvalue weighted by atomic mass is 16.2. The second kappa shape index (κ2) is 9.88. The average molecular weight is 437 g/mol.